The predicted octanol–water partition coefficient (Wildman–Crippen LogP) is 11.8. The largest absolute Gasteiger partial charge is 0.309 e. The lowest BCUT2D eigenvalue weighted by molar-refractivity contribution is 1.18. The van der Waals surface area contributed by atoms with Gasteiger partial charge in [-0.25, -0.2) is 4.85 Å². The molecule has 0 aliphatic rings. The number of hydrogen-bond acceptors (Lipinski definition) is 0. The zero-order valence-corrected chi connectivity index (χ0v) is 24.9. The van der Waals surface area contributed by atoms with Crippen molar-refractivity contribution in [1.82, 2.24) is 9.13 Å². The summed E-state index contributed by atoms with van der Waals surface area (Å²) in [6.45, 7) is 8.02. The molecule has 0 radical (unpaired) electrons. The fraction of sp³-hybridized carbons (Fsp3) is 0. The lowest BCUT2D eigenvalue weighted by Crippen LogP contribution is -1.97. The van der Waals surface area contributed by atoms with E-state index in [0.29, 0.717) is 5.69 Å². The van der Waals surface area contributed by atoms with E-state index in [4.69, 9.17) is 6.57 Å². The Kier molecular flexibility index (Phi) is 5.88. The molecule has 0 atom stereocenters. The summed E-state index contributed by atoms with van der Waals surface area (Å²) < 4.78 is 4.69. The Morgan fingerprint density at radius 3 is 1.39 bits per heavy atom. The van der Waals surface area contributed by atoms with Crippen LogP contribution in [0.25, 0.3) is 82.1 Å². The molecule has 0 fully saturated rings. The van der Waals surface area contributed by atoms with Crippen LogP contribution in [0.15, 0.2) is 164 Å². The molecule has 3 heteroatoms. The normalized spacial score (nSPS) is 11.5. The van der Waals surface area contributed by atoms with Crippen molar-refractivity contribution >= 4 is 49.3 Å². The van der Waals surface area contributed by atoms with E-state index >= 15 is 0 Å². The fourth-order valence-electron chi connectivity index (χ4n) is 7.16. The van der Waals surface area contributed by atoms with Crippen molar-refractivity contribution in [2.75, 3.05) is 0 Å². The quantitative estimate of drug-likeness (QED) is 0.182. The van der Waals surface area contributed by atoms with Crippen LogP contribution in [0.1, 0.15) is 0 Å². The molecule has 0 N–H and O–H groups in total. The molecule has 0 aliphatic heterocycles. The zero-order chi connectivity index (χ0) is 30.6. The molecule has 2 heterocycles. The van der Waals surface area contributed by atoms with Crippen LogP contribution in [0, 0.1) is 6.57 Å². The number of nitrogens with zero attached hydrogens (tertiary/aromatic N) is 3. The van der Waals surface area contributed by atoms with E-state index < -0.39 is 0 Å². The summed E-state index contributed by atoms with van der Waals surface area (Å²) in [5.74, 6) is 0. The van der Waals surface area contributed by atoms with Gasteiger partial charge in [-0.1, -0.05) is 115 Å². The highest BCUT2D eigenvalue weighted by Crippen LogP contribution is 2.41. The van der Waals surface area contributed by atoms with E-state index in [1.807, 2.05) is 18.2 Å². The van der Waals surface area contributed by atoms with E-state index in [9.17, 15) is 0 Å². The van der Waals surface area contributed by atoms with Crippen LogP contribution < -0.4 is 0 Å². The molecule has 214 valence electrons. The molecule has 0 saturated heterocycles. The summed E-state index contributed by atoms with van der Waals surface area (Å²) in [5, 5.41) is 4.93. The van der Waals surface area contributed by atoms with E-state index in [1.54, 1.807) is 0 Å². The standard InChI is InChI=1S/C43H27N3/c1-44-39-20-7-2-15-33(39)38-28-31(46-42-23-10-5-18-36(42)37-19-6-11-24-43(37)46)25-26-32(38)29-13-12-14-30(27-29)45-40-21-8-3-16-34(40)35-17-4-9-22-41(35)45/h2-28H. The van der Waals surface area contributed by atoms with Crippen molar-refractivity contribution in [2.45, 2.75) is 0 Å². The lowest BCUT2D eigenvalue weighted by Gasteiger charge is -2.17. The van der Waals surface area contributed by atoms with Gasteiger partial charge in [-0.05, 0) is 70.8 Å². The molecular formula is C43H27N3. The second-order valence-corrected chi connectivity index (χ2v) is 11.6. The highest BCUT2D eigenvalue weighted by atomic mass is 15.0. The highest BCUT2D eigenvalue weighted by molar-refractivity contribution is 6.10. The van der Waals surface area contributed by atoms with Gasteiger partial charge < -0.3 is 9.13 Å². The SMILES string of the molecule is [C-]#[N+]c1ccccc1-c1cc(-n2c3ccccc3c3ccccc32)ccc1-c1cccc(-n2c3ccccc3c3ccccc32)c1. The summed E-state index contributed by atoms with van der Waals surface area (Å²) in [7, 11) is 0. The Bertz CT molecular complexity index is 2560. The summed E-state index contributed by atoms with van der Waals surface area (Å²) in [6, 6.07) is 57.8. The van der Waals surface area contributed by atoms with E-state index in [1.165, 1.54) is 32.6 Å². The molecule has 7 aromatic carbocycles. The van der Waals surface area contributed by atoms with Crippen LogP contribution in [0.4, 0.5) is 5.69 Å². The van der Waals surface area contributed by atoms with Crippen molar-refractivity contribution in [3.63, 3.8) is 0 Å². The first-order valence-corrected chi connectivity index (χ1v) is 15.5. The minimum absolute atomic E-state index is 0.640. The van der Waals surface area contributed by atoms with Gasteiger partial charge in [0.25, 0.3) is 0 Å². The predicted molar refractivity (Wildman–Crippen MR) is 192 cm³/mol. The molecule has 9 rings (SSSR count). The van der Waals surface area contributed by atoms with Crippen LogP contribution in [-0.4, -0.2) is 9.13 Å². The minimum Gasteiger partial charge on any atom is -0.309 e. The van der Waals surface area contributed by atoms with Crippen molar-refractivity contribution in [3.8, 4) is 33.6 Å². The van der Waals surface area contributed by atoms with Crippen molar-refractivity contribution in [2.24, 2.45) is 0 Å². The molecule has 46 heavy (non-hydrogen) atoms. The van der Waals surface area contributed by atoms with Crippen LogP contribution >= 0.6 is 0 Å². The molecule has 0 spiro atoms. The summed E-state index contributed by atoms with van der Waals surface area (Å²) >= 11 is 0. The summed E-state index contributed by atoms with van der Waals surface area (Å²) in [6.07, 6.45) is 0. The Morgan fingerprint density at radius 1 is 0.370 bits per heavy atom. The van der Waals surface area contributed by atoms with Crippen LogP contribution in [-0.2, 0) is 0 Å². The molecule has 2 aromatic heterocycles. The molecule has 0 aliphatic carbocycles. The number of rotatable bonds is 4. The van der Waals surface area contributed by atoms with Gasteiger partial charge in [0, 0.05) is 32.9 Å². The lowest BCUT2D eigenvalue weighted by atomic mass is 9.92. The Labute approximate surface area is 266 Å². The molecular weight excluding hydrogens is 558 g/mol. The van der Waals surface area contributed by atoms with Gasteiger partial charge in [-0.2, -0.15) is 0 Å². The zero-order valence-electron chi connectivity index (χ0n) is 24.9. The van der Waals surface area contributed by atoms with Gasteiger partial charge in [-0.15, -0.1) is 0 Å². The first-order valence-electron chi connectivity index (χ1n) is 15.5. The fourth-order valence-corrected chi connectivity index (χ4v) is 7.16. The molecule has 0 amide bonds. The number of para-hydroxylation sites is 5. The van der Waals surface area contributed by atoms with Gasteiger partial charge in [0.1, 0.15) is 0 Å². The second kappa shape index (κ2) is 10.4. The van der Waals surface area contributed by atoms with Crippen LogP contribution in [0.5, 0.6) is 0 Å². The maximum Gasteiger partial charge on any atom is 0.194 e. The third-order valence-corrected chi connectivity index (χ3v) is 9.15. The monoisotopic (exact) mass is 585 g/mol. The van der Waals surface area contributed by atoms with E-state index in [0.717, 1.165) is 44.7 Å². The molecule has 0 saturated carbocycles. The van der Waals surface area contributed by atoms with Crippen molar-refractivity contribution in [3.05, 3.63) is 175 Å². The van der Waals surface area contributed by atoms with E-state index in [2.05, 4.69) is 160 Å². The van der Waals surface area contributed by atoms with Crippen LogP contribution in [0.3, 0.4) is 0 Å². The minimum atomic E-state index is 0.640. The smallest absolute Gasteiger partial charge is 0.194 e. The van der Waals surface area contributed by atoms with Gasteiger partial charge in [0.15, 0.2) is 5.69 Å². The number of hydrogen-bond donors (Lipinski definition) is 0. The number of aromatic nitrogens is 2. The van der Waals surface area contributed by atoms with Crippen molar-refractivity contribution in [1.29, 1.82) is 0 Å². The van der Waals surface area contributed by atoms with Crippen LogP contribution in [0.2, 0.25) is 0 Å². The first kappa shape index (κ1) is 26.1. The Balaban J connectivity index is 1.30. The molecule has 3 nitrogen and oxygen atoms in total. The maximum atomic E-state index is 8.02. The number of fused-ring (bicyclic) bond motifs is 6. The highest BCUT2D eigenvalue weighted by Gasteiger charge is 2.18. The Morgan fingerprint density at radius 2 is 0.848 bits per heavy atom. The average Bonchev–Trinajstić information content (AvgIpc) is 3.65. The van der Waals surface area contributed by atoms with Gasteiger partial charge in [-0.3, -0.25) is 0 Å². The molecule has 0 bridgehead atoms. The van der Waals surface area contributed by atoms with Gasteiger partial charge in [0.05, 0.1) is 28.6 Å². The number of benzene rings is 7. The third kappa shape index (κ3) is 3.91. The topological polar surface area (TPSA) is 14.2 Å². The molecule has 9 aromatic rings. The summed E-state index contributed by atoms with van der Waals surface area (Å²) in [4.78, 5) is 3.94. The van der Waals surface area contributed by atoms with Gasteiger partial charge in [0.2, 0.25) is 0 Å². The molecule has 0 unspecified atom stereocenters. The van der Waals surface area contributed by atoms with Gasteiger partial charge >= 0.3 is 0 Å². The maximum absolute atomic E-state index is 8.02. The third-order valence-electron chi connectivity index (χ3n) is 9.15. The second-order valence-electron chi connectivity index (χ2n) is 11.6. The van der Waals surface area contributed by atoms with Crippen molar-refractivity contribution < 1.29 is 0 Å². The Hall–Kier alpha value is -6.37. The summed E-state index contributed by atoms with van der Waals surface area (Å²) in [5.41, 5.74) is 11.6. The van der Waals surface area contributed by atoms with E-state index in [-0.39, 0.29) is 0 Å². The average molecular weight is 586 g/mol. The first-order chi connectivity index (χ1) is 22.8.